The van der Waals surface area contributed by atoms with Crippen molar-refractivity contribution in [2.75, 3.05) is 36.5 Å². The summed E-state index contributed by atoms with van der Waals surface area (Å²) in [6, 6.07) is 2.85. The lowest BCUT2D eigenvalue weighted by Crippen LogP contribution is -2.51. The van der Waals surface area contributed by atoms with E-state index in [1.54, 1.807) is 23.5 Å². The highest BCUT2D eigenvalue weighted by Gasteiger charge is 2.42. The van der Waals surface area contributed by atoms with Crippen molar-refractivity contribution in [3.8, 4) is 0 Å². The van der Waals surface area contributed by atoms with E-state index in [9.17, 15) is 13.6 Å². The SMILES string of the molecule is O=C(Nc1ccc(F)c(F)c1)N1C[C@@H]2OCCN(c3cnccn3)[C@H]2C1. The summed E-state index contributed by atoms with van der Waals surface area (Å²) in [5.74, 6) is -1.22. The lowest BCUT2D eigenvalue weighted by atomic mass is 10.1. The molecule has 3 heterocycles. The molecule has 0 bridgehead atoms. The van der Waals surface area contributed by atoms with Gasteiger partial charge in [-0.3, -0.25) is 4.98 Å². The van der Waals surface area contributed by atoms with Crippen LogP contribution >= 0.6 is 0 Å². The predicted molar refractivity (Wildman–Crippen MR) is 89.9 cm³/mol. The summed E-state index contributed by atoms with van der Waals surface area (Å²) in [7, 11) is 0. The van der Waals surface area contributed by atoms with Crippen LogP contribution in [0.3, 0.4) is 0 Å². The van der Waals surface area contributed by atoms with Crippen LogP contribution in [-0.4, -0.2) is 59.3 Å². The van der Waals surface area contributed by atoms with Crippen molar-refractivity contribution >= 4 is 17.5 Å². The standard InChI is InChI=1S/C17H17F2N5O2/c18-12-2-1-11(7-13(12)19)22-17(25)23-9-14-15(10-23)26-6-5-24(14)16-8-20-3-4-21-16/h1-4,7-8,14-15H,5-6,9-10H2,(H,22,25)/t14-,15-/m0/s1. The molecule has 0 unspecified atom stereocenters. The van der Waals surface area contributed by atoms with Crippen molar-refractivity contribution in [2.24, 2.45) is 0 Å². The van der Waals surface area contributed by atoms with E-state index < -0.39 is 11.6 Å². The average Bonchev–Trinajstić information content (AvgIpc) is 3.10. The molecule has 0 spiro atoms. The number of carbonyl (C=O) groups excluding carboxylic acids is 1. The molecule has 9 heteroatoms. The molecule has 2 fully saturated rings. The minimum atomic E-state index is -1.00. The molecule has 4 rings (SSSR count). The van der Waals surface area contributed by atoms with Crippen molar-refractivity contribution in [2.45, 2.75) is 12.1 Å². The number of ether oxygens (including phenoxy) is 1. The van der Waals surface area contributed by atoms with Crippen LogP contribution in [0.1, 0.15) is 0 Å². The fourth-order valence-corrected chi connectivity index (χ4v) is 3.35. The van der Waals surface area contributed by atoms with E-state index in [1.807, 2.05) is 0 Å². The zero-order valence-electron chi connectivity index (χ0n) is 13.8. The van der Waals surface area contributed by atoms with E-state index >= 15 is 0 Å². The smallest absolute Gasteiger partial charge is 0.322 e. The maximum absolute atomic E-state index is 13.3. The lowest BCUT2D eigenvalue weighted by Gasteiger charge is -2.37. The number of likely N-dealkylation sites (tertiary alicyclic amines) is 1. The molecule has 26 heavy (non-hydrogen) atoms. The summed E-state index contributed by atoms with van der Waals surface area (Å²) < 4.78 is 32.1. The number of anilines is 2. The minimum absolute atomic E-state index is 0.0313. The Morgan fingerprint density at radius 2 is 2.12 bits per heavy atom. The van der Waals surface area contributed by atoms with Crippen molar-refractivity contribution in [1.29, 1.82) is 0 Å². The van der Waals surface area contributed by atoms with E-state index in [2.05, 4.69) is 20.2 Å². The number of nitrogens with zero attached hydrogens (tertiary/aromatic N) is 4. The van der Waals surface area contributed by atoms with Gasteiger partial charge in [0.1, 0.15) is 5.82 Å². The van der Waals surface area contributed by atoms with E-state index in [4.69, 9.17) is 4.74 Å². The molecule has 1 aromatic carbocycles. The monoisotopic (exact) mass is 361 g/mol. The van der Waals surface area contributed by atoms with Crippen LogP contribution in [0.15, 0.2) is 36.8 Å². The van der Waals surface area contributed by atoms with Crippen molar-refractivity contribution in [3.05, 3.63) is 48.4 Å². The van der Waals surface area contributed by atoms with E-state index in [0.717, 1.165) is 18.0 Å². The molecule has 2 amide bonds. The molecule has 7 nitrogen and oxygen atoms in total. The first-order chi connectivity index (χ1) is 12.6. The largest absolute Gasteiger partial charge is 0.372 e. The molecule has 2 saturated heterocycles. The number of hydrogen-bond donors (Lipinski definition) is 1. The molecular formula is C17H17F2N5O2. The fourth-order valence-electron chi connectivity index (χ4n) is 3.35. The molecule has 1 aromatic heterocycles. The van der Waals surface area contributed by atoms with Gasteiger partial charge >= 0.3 is 6.03 Å². The zero-order valence-corrected chi connectivity index (χ0v) is 13.8. The zero-order chi connectivity index (χ0) is 18.1. The van der Waals surface area contributed by atoms with Gasteiger partial charge in [0, 0.05) is 37.2 Å². The number of urea groups is 1. The average molecular weight is 361 g/mol. The van der Waals surface area contributed by atoms with Gasteiger partial charge in [0.25, 0.3) is 0 Å². The second-order valence-corrected chi connectivity index (χ2v) is 6.20. The van der Waals surface area contributed by atoms with Crippen molar-refractivity contribution in [1.82, 2.24) is 14.9 Å². The van der Waals surface area contributed by atoms with Gasteiger partial charge in [-0.05, 0) is 12.1 Å². The summed E-state index contributed by atoms with van der Waals surface area (Å²) in [6.07, 6.45) is 4.79. The number of fused-ring (bicyclic) bond motifs is 1. The van der Waals surface area contributed by atoms with Gasteiger partial charge in [-0.25, -0.2) is 18.6 Å². The van der Waals surface area contributed by atoms with Gasteiger partial charge in [-0.2, -0.15) is 0 Å². The quantitative estimate of drug-likeness (QED) is 0.884. The Balaban J connectivity index is 1.46. The highest BCUT2D eigenvalue weighted by atomic mass is 19.2. The summed E-state index contributed by atoms with van der Waals surface area (Å²) in [4.78, 5) is 24.6. The molecule has 2 aliphatic rings. The molecule has 136 valence electrons. The van der Waals surface area contributed by atoms with Crippen LogP contribution < -0.4 is 10.2 Å². The Morgan fingerprint density at radius 1 is 1.23 bits per heavy atom. The van der Waals surface area contributed by atoms with Gasteiger partial charge in [0.15, 0.2) is 11.6 Å². The Bertz CT molecular complexity index is 807. The lowest BCUT2D eigenvalue weighted by molar-refractivity contribution is 0.0319. The third kappa shape index (κ3) is 3.17. The second kappa shape index (κ2) is 6.83. The maximum atomic E-state index is 13.3. The molecule has 2 aromatic rings. The number of amides is 2. The molecule has 2 aliphatic heterocycles. The molecule has 0 saturated carbocycles. The van der Waals surface area contributed by atoms with Crippen LogP contribution in [0.2, 0.25) is 0 Å². The highest BCUT2D eigenvalue weighted by molar-refractivity contribution is 5.89. The summed E-state index contributed by atoms with van der Waals surface area (Å²) in [5, 5.41) is 2.59. The third-order valence-electron chi connectivity index (χ3n) is 4.60. The number of aromatic nitrogens is 2. The third-order valence-corrected chi connectivity index (χ3v) is 4.60. The number of hydrogen-bond acceptors (Lipinski definition) is 5. The van der Waals surface area contributed by atoms with Crippen LogP contribution in [-0.2, 0) is 4.74 Å². The second-order valence-electron chi connectivity index (χ2n) is 6.20. The Morgan fingerprint density at radius 3 is 2.88 bits per heavy atom. The topological polar surface area (TPSA) is 70.6 Å². The number of morpholine rings is 1. The van der Waals surface area contributed by atoms with Gasteiger partial charge < -0.3 is 19.9 Å². The maximum Gasteiger partial charge on any atom is 0.322 e. The Kier molecular flexibility index (Phi) is 4.37. The van der Waals surface area contributed by atoms with Gasteiger partial charge in [-0.15, -0.1) is 0 Å². The molecule has 0 aliphatic carbocycles. The van der Waals surface area contributed by atoms with E-state index in [-0.39, 0.29) is 23.9 Å². The van der Waals surface area contributed by atoms with Crippen LogP contribution in [0.5, 0.6) is 0 Å². The number of halogens is 2. The Hall–Kier alpha value is -2.81. The van der Waals surface area contributed by atoms with Gasteiger partial charge in [0.2, 0.25) is 0 Å². The number of nitrogens with one attached hydrogen (secondary N) is 1. The van der Waals surface area contributed by atoms with E-state index in [0.29, 0.717) is 26.2 Å². The highest BCUT2D eigenvalue weighted by Crippen LogP contribution is 2.27. The summed E-state index contributed by atoms with van der Waals surface area (Å²) in [6.45, 7) is 2.06. The number of rotatable bonds is 2. The molecular weight excluding hydrogens is 344 g/mol. The van der Waals surface area contributed by atoms with E-state index in [1.165, 1.54) is 6.07 Å². The number of benzene rings is 1. The molecule has 2 atom stereocenters. The fraction of sp³-hybridized carbons (Fsp3) is 0.353. The first kappa shape index (κ1) is 16.6. The van der Waals surface area contributed by atoms with Crippen LogP contribution in [0, 0.1) is 11.6 Å². The normalized spacial score (nSPS) is 22.2. The Labute approximate surface area is 148 Å². The first-order valence-electron chi connectivity index (χ1n) is 8.27. The van der Waals surface area contributed by atoms with Crippen molar-refractivity contribution in [3.63, 3.8) is 0 Å². The predicted octanol–water partition coefficient (Wildman–Crippen LogP) is 1.88. The minimum Gasteiger partial charge on any atom is -0.372 e. The molecule has 1 N–H and O–H groups in total. The first-order valence-corrected chi connectivity index (χ1v) is 8.27. The van der Waals surface area contributed by atoms with Crippen LogP contribution in [0.25, 0.3) is 0 Å². The van der Waals surface area contributed by atoms with Crippen molar-refractivity contribution < 1.29 is 18.3 Å². The molecule has 0 radical (unpaired) electrons. The van der Waals surface area contributed by atoms with Gasteiger partial charge in [-0.1, -0.05) is 0 Å². The van der Waals surface area contributed by atoms with Crippen LogP contribution in [0.4, 0.5) is 25.1 Å². The van der Waals surface area contributed by atoms with Gasteiger partial charge in [0.05, 0.1) is 31.5 Å². The summed E-state index contributed by atoms with van der Waals surface area (Å²) in [5.41, 5.74) is 0.204. The summed E-state index contributed by atoms with van der Waals surface area (Å²) >= 11 is 0. The number of carbonyl (C=O) groups is 1.